The lowest BCUT2D eigenvalue weighted by Crippen LogP contribution is -2.12. The van der Waals surface area contributed by atoms with Gasteiger partial charge in [-0.1, -0.05) is 181 Å². The first-order valence-corrected chi connectivity index (χ1v) is 23.0. The number of hydrogen-bond donors (Lipinski definition) is 0. The molecule has 0 fully saturated rings. The number of fused-ring (bicyclic) bond motifs is 3. The number of hydrogen-bond acceptors (Lipinski definition) is 5. The van der Waals surface area contributed by atoms with E-state index in [4.69, 9.17) is 38.4 Å². The van der Waals surface area contributed by atoms with Crippen LogP contribution in [0.4, 0.5) is 11.4 Å². The summed E-state index contributed by atoms with van der Waals surface area (Å²) < 4.78 is 99.9. The number of para-hydroxylation sites is 2. The topological polar surface area (TPSA) is 71.7 Å². The van der Waals surface area contributed by atoms with Crippen molar-refractivity contribution < 1.29 is 27.6 Å². The van der Waals surface area contributed by atoms with E-state index in [0.29, 0.717) is 46.0 Å². The van der Waals surface area contributed by atoms with E-state index in [1.807, 2.05) is 115 Å². The van der Waals surface area contributed by atoms with Crippen LogP contribution in [0.3, 0.4) is 0 Å². The lowest BCUT2D eigenvalue weighted by atomic mass is 9.86. The second kappa shape index (κ2) is 17.9. The van der Waals surface area contributed by atoms with Gasteiger partial charge in [-0.2, -0.15) is 0 Å². The Morgan fingerprint density at radius 1 is 0.521 bits per heavy atom. The zero-order valence-electron chi connectivity index (χ0n) is 48.7. The molecule has 1 aliphatic rings. The van der Waals surface area contributed by atoms with Crippen LogP contribution in [0.1, 0.15) is 40.0 Å². The monoisotopic (exact) mass is 927 g/mol. The Bertz CT molecular complexity index is 4320. The second-order valence-corrected chi connectivity index (χ2v) is 17.9. The van der Waals surface area contributed by atoms with Gasteiger partial charge in [-0.3, -0.25) is 4.57 Å². The van der Waals surface area contributed by atoms with Crippen LogP contribution in [0.5, 0.6) is 11.5 Å². The van der Waals surface area contributed by atoms with Gasteiger partial charge in [-0.15, -0.1) is 0 Å². The van der Waals surface area contributed by atoms with Crippen LogP contribution in [0, 0.1) is 0 Å². The number of pyridine rings is 1. The molecule has 1 aliphatic heterocycles. The minimum Gasteiger partial charge on any atom is -0.456 e. The number of rotatable bonds is 10. The standard InChI is InChI=1S/C63H47N7O/c1-63(2,3)47-37-48(68-35-36-69(42-68)59-50(43-21-8-4-9-22-43)30-20-31-51(59)44-23-10-5-11-24-44)39-49(38-47)71-57-41-56-53(52-29-16-17-32-55(52)70(56)58-33-18-19-34-64-58)40-54(57)62-66-60(45-25-12-6-13-26-45)65-61(67-62)46-27-14-7-15-28-46/h4-41H,1-3H3/q+2/i4D,5D,8D,9D,10D,11D,21D,22D,23D,24D. The summed E-state index contributed by atoms with van der Waals surface area (Å²) in [4.78, 5) is 20.1. The predicted molar refractivity (Wildman–Crippen MR) is 285 cm³/mol. The molecule has 0 spiro atoms. The molecule has 0 aliphatic carbocycles. The average Bonchev–Trinajstić information content (AvgIpc) is 4.06. The minimum absolute atomic E-state index is 0.137. The Labute approximate surface area is 426 Å². The van der Waals surface area contributed by atoms with E-state index in [1.165, 1.54) is 4.58 Å². The van der Waals surface area contributed by atoms with E-state index in [1.54, 1.807) is 41.4 Å². The normalized spacial score (nSPS) is 14.3. The Balaban J connectivity index is 1.10. The zero-order valence-corrected chi connectivity index (χ0v) is 38.7. The van der Waals surface area contributed by atoms with Crippen molar-refractivity contribution in [3.8, 4) is 73.7 Å². The van der Waals surface area contributed by atoms with Crippen molar-refractivity contribution in [1.29, 1.82) is 0 Å². The summed E-state index contributed by atoms with van der Waals surface area (Å²) in [6.45, 7) is 6.26. The van der Waals surface area contributed by atoms with Gasteiger partial charge in [-0.05, 0) is 64.6 Å². The zero-order chi connectivity index (χ0) is 56.6. The summed E-state index contributed by atoms with van der Waals surface area (Å²) >= 11 is 0. The van der Waals surface area contributed by atoms with Crippen LogP contribution in [-0.4, -0.2) is 39.7 Å². The van der Waals surface area contributed by atoms with Gasteiger partial charge in [0.2, 0.25) is 11.4 Å². The molecule has 0 saturated carbocycles. The molecule has 71 heavy (non-hydrogen) atoms. The van der Waals surface area contributed by atoms with Crippen LogP contribution >= 0.6 is 0 Å². The highest BCUT2D eigenvalue weighted by molar-refractivity contribution is 6.11. The molecule has 0 unspecified atom stereocenters. The van der Waals surface area contributed by atoms with Gasteiger partial charge in [0.05, 0.1) is 47.5 Å². The Morgan fingerprint density at radius 2 is 1.13 bits per heavy atom. The smallest absolute Gasteiger partial charge is 0.456 e. The van der Waals surface area contributed by atoms with Gasteiger partial charge in [0.15, 0.2) is 17.5 Å². The maximum Gasteiger partial charge on any atom is 0.501 e. The van der Waals surface area contributed by atoms with E-state index in [2.05, 4.69) is 49.5 Å². The molecule has 0 N–H and O–H groups in total. The van der Waals surface area contributed by atoms with Crippen molar-refractivity contribution >= 4 is 39.2 Å². The molecule has 0 radical (unpaired) electrons. The number of aromatic nitrogens is 5. The number of benzene rings is 8. The Morgan fingerprint density at radius 3 is 1.76 bits per heavy atom. The van der Waals surface area contributed by atoms with Crippen molar-refractivity contribution in [2.75, 3.05) is 0 Å². The molecule has 11 aromatic rings. The van der Waals surface area contributed by atoms with Crippen LogP contribution in [0.15, 0.2) is 231 Å². The van der Waals surface area contributed by atoms with Gasteiger partial charge < -0.3 is 4.74 Å². The van der Waals surface area contributed by atoms with E-state index >= 15 is 0 Å². The molecule has 0 saturated heterocycles. The van der Waals surface area contributed by atoms with Crippen molar-refractivity contribution in [2.45, 2.75) is 26.2 Å². The highest BCUT2D eigenvalue weighted by atomic mass is 16.5. The molecule has 8 heteroatoms. The third kappa shape index (κ3) is 8.29. The highest BCUT2D eigenvalue weighted by Gasteiger charge is 2.30. The van der Waals surface area contributed by atoms with Gasteiger partial charge in [0.25, 0.3) is 12.4 Å². The van der Waals surface area contributed by atoms with Crippen LogP contribution in [-0.2, 0) is 5.41 Å². The third-order valence-corrected chi connectivity index (χ3v) is 12.3. The molecule has 4 heterocycles. The summed E-state index contributed by atoms with van der Waals surface area (Å²) in [5.41, 5.74) is 5.08. The summed E-state index contributed by atoms with van der Waals surface area (Å²) in [5.74, 6) is 2.87. The molecule has 0 amide bonds. The van der Waals surface area contributed by atoms with Gasteiger partial charge in [0, 0.05) is 40.2 Å². The lowest BCUT2D eigenvalue weighted by Gasteiger charge is -2.20. The third-order valence-electron chi connectivity index (χ3n) is 12.3. The van der Waals surface area contributed by atoms with Crippen LogP contribution < -0.4 is 4.74 Å². The Kier molecular flexibility index (Phi) is 8.39. The number of nitrogens with zero attached hydrogens (tertiary/aromatic N) is 7. The maximum atomic E-state index is 9.04. The first-order valence-electron chi connectivity index (χ1n) is 28.0. The lowest BCUT2D eigenvalue weighted by molar-refractivity contribution is -0.386. The summed E-state index contributed by atoms with van der Waals surface area (Å²) in [5, 5.41) is 1.88. The molecule has 8 nitrogen and oxygen atoms in total. The van der Waals surface area contributed by atoms with Crippen molar-refractivity contribution in [3.63, 3.8) is 0 Å². The molecule has 0 bridgehead atoms. The van der Waals surface area contributed by atoms with E-state index in [9.17, 15) is 0 Å². The molecule has 338 valence electrons. The fraction of sp³-hybridized carbons (Fsp3) is 0.0635. The first kappa shape index (κ1) is 33.2. The van der Waals surface area contributed by atoms with Crippen molar-refractivity contribution in [1.82, 2.24) is 24.5 Å². The first-order chi connectivity index (χ1) is 39.0. The molecule has 0 atom stereocenters. The fourth-order valence-corrected chi connectivity index (χ4v) is 8.82. The summed E-state index contributed by atoms with van der Waals surface area (Å²) in [7, 11) is 0. The maximum absolute atomic E-state index is 9.04. The van der Waals surface area contributed by atoms with Gasteiger partial charge in [0.1, 0.15) is 17.3 Å². The highest BCUT2D eigenvalue weighted by Crippen LogP contribution is 2.44. The molecular weight excluding hydrogens is 871 g/mol. The van der Waals surface area contributed by atoms with Crippen molar-refractivity contribution in [3.05, 3.63) is 236 Å². The minimum atomic E-state index is -0.580. The molecule has 3 aromatic heterocycles. The molecule has 8 aromatic carbocycles. The molecular formula is C63H47N7O+2. The SMILES string of the molecule is [2H]c1c([2H])c([2H])c(-c2cccc(-c3c([2H])c([2H])c([2H])c([2H])c3[2H])c2[N+]2=C=[N+](c3cc(Oc4cc5c(cc4-c4nc(-c6ccccc6)nc(-c6ccccc6)n4)c4ccccc4n5-c4ccccn4)cc(C(C)(C)C)c3)C=C2)c([2H])c1[2H]. The van der Waals surface area contributed by atoms with Crippen molar-refractivity contribution in [2.24, 2.45) is 0 Å². The van der Waals surface area contributed by atoms with Gasteiger partial charge >= 0.3 is 6.01 Å². The summed E-state index contributed by atoms with van der Waals surface area (Å²) in [6.07, 6.45) is 5.13. The van der Waals surface area contributed by atoms with E-state index in [0.717, 1.165) is 38.5 Å². The van der Waals surface area contributed by atoms with E-state index < -0.39 is 65.8 Å². The average molecular weight is 928 g/mol. The van der Waals surface area contributed by atoms with Gasteiger partial charge in [-0.25, -0.2) is 19.9 Å². The van der Waals surface area contributed by atoms with Crippen LogP contribution in [0.2, 0.25) is 0 Å². The quantitative estimate of drug-likeness (QED) is 0.128. The van der Waals surface area contributed by atoms with E-state index in [-0.39, 0.29) is 27.9 Å². The molecule has 12 rings (SSSR count). The summed E-state index contributed by atoms with van der Waals surface area (Å²) in [6, 6.07) is 46.0. The number of ether oxygens (including phenoxy) is 1. The largest absolute Gasteiger partial charge is 0.501 e. The second-order valence-electron chi connectivity index (χ2n) is 17.9. The Hall–Kier alpha value is -9.36. The predicted octanol–water partition coefficient (Wildman–Crippen LogP) is 15.4. The van der Waals surface area contributed by atoms with Crippen LogP contribution in [0.25, 0.3) is 84.0 Å². The fourth-order valence-electron chi connectivity index (χ4n) is 8.82.